The van der Waals surface area contributed by atoms with E-state index < -0.39 is 65.0 Å². The van der Waals surface area contributed by atoms with Crippen LogP contribution in [-0.4, -0.2) is 83.2 Å². The van der Waals surface area contributed by atoms with E-state index in [4.69, 9.17) is 58.0 Å². The molecule has 16 rings (SSSR count). The summed E-state index contributed by atoms with van der Waals surface area (Å²) >= 11 is 43.4. The lowest BCUT2D eigenvalue weighted by Crippen LogP contribution is -2.22. The van der Waals surface area contributed by atoms with Gasteiger partial charge >= 0.3 is 42.7 Å². The van der Waals surface area contributed by atoms with Crippen LogP contribution < -0.4 is 42.5 Å². The molecule has 24 nitrogen and oxygen atoms in total. The lowest BCUT2D eigenvalue weighted by atomic mass is 10.1. The normalized spacial score (nSPS) is 11.1. The molecule has 0 fully saturated rings. The Labute approximate surface area is 784 Å². The van der Waals surface area contributed by atoms with Crippen LogP contribution in [0.4, 0.5) is 105 Å². The number of pyridine rings is 4. The molecule has 8 aromatic heterocycles. The fraction of sp³-hybridized carbons (Fsp3) is 0.0345. The molecule has 0 aliphatic carbocycles. The van der Waals surface area contributed by atoms with Crippen molar-refractivity contribution in [2.24, 2.45) is 0 Å². The predicted molar refractivity (Wildman–Crippen MR) is 494 cm³/mol. The summed E-state index contributed by atoms with van der Waals surface area (Å²) < 4.78 is 128. The van der Waals surface area contributed by atoms with E-state index in [0.717, 1.165) is 58.1 Å². The van der Waals surface area contributed by atoms with Crippen LogP contribution in [0.5, 0.6) is 0 Å². The zero-order valence-corrected chi connectivity index (χ0v) is 75.1. The summed E-state index contributed by atoms with van der Waals surface area (Å²) in [6.45, 7) is 0. The molecule has 129 heavy (non-hydrogen) atoms. The van der Waals surface area contributed by atoms with E-state index in [2.05, 4.69) is 141 Å². The Kier molecular flexibility index (Phi) is 30.4. The van der Waals surface area contributed by atoms with Crippen molar-refractivity contribution in [2.75, 3.05) is 42.5 Å². The summed E-state index contributed by atoms with van der Waals surface area (Å²) in [5, 5.41) is 40.5. The number of rotatable bonds is 16. The third-order valence-electron chi connectivity index (χ3n) is 17.5. The number of nitrogens with one attached hydrogen (secondary N) is 8. The van der Waals surface area contributed by atoms with Crippen LogP contribution in [0.3, 0.4) is 0 Å². The second-order valence-corrected chi connectivity index (χ2v) is 32.7. The maximum atomic E-state index is 13.1. The summed E-state index contributed by atoms with van der Waals surface area (Å²) in [6.07, 6.45) is -1.57. The van der Waals surface area contributed by atoms with E-state index in [1.165, 1.54) is 21.5 Å². The first kappa shape index (κ1) is 93.7. The topological polar surface area (TPSA) is 287 Å². The van der Waals surface area contributed by atoms with Crippen LogP contribution in [0.1, 0.15) is 16.7 Å². The molecule has 0 radical (unpaired) electrons. The second-order valence-electron chi connectivity index (χ2n) is 26.8. The van der Waals surface area contributed by atoms with Crippen molar-refractivity contribution in [3.8, 4) is 67.8 Å². The summed E-state index contributed by atoms with van der Waals surface area (Å²) in [4.78, 5) is 66.7. The number of benzene rings is 8. The highest BCUT2D eigenvalue weighted by atomic mass is 79.9. The number of urea groups is 4. The standard InChI is InChI=1S/C23H14BrF6N5O.C22H14BrClF3N5O.2C21H14BrCl2N5O/c24-16-1-3-18(4-2-16)35-20(12-19(34-35)13-5-7-31-8-6-13)33-21(36)32-17-10-14(22(25,26)27)9-15(11-17)23(28,29)30;23-15-3-5-18(6-4-15)32-20(11-19(31-32)13-2-1-7-28-12-13)30-21(33)29-17-9-14(22(25,26)27)8-16(24)10-17;22-14-1-3-18(4-2-14)29-20(12-19(28-29)13-5-7-25-8-6-13)27-21(30)26-17-10-15(23)9-16(24)11-17;22-14-3-5-18(6-4-14)29-20(11-19(28-29)13-2-1-7-25-12-13)27-21(30)26-17-9-15(23)8-16(24)10-17/h1-12H,(H2,32,33,36);1-12H,(H2,29,30,33);2*1-12H,(H2,26,27,30). The molecule has 8 aromatic carbocycles. The summed E-state index contributed by atoms with van der Waals surface area (Å²) in [7, 11) is 0. The minimum atomic E-state index is -5.05. The lowest BCUT2D eigenvalue weighted by molar-refractivity contribution is -0.143. The molecule has 0 aliphatic rings. The SMILES string of the molecule is O=C(Nc1cc(C(F)(F)F)cc(C(F)(F)F)c1)Nc1cc(-c2ccncc2)nn1-c1ccc(Br)cc1.O=C(Nc1cc(Cl)cc(C(F)(F)F)c1)Nc1cc(-c2cccnc2)nn1-c1ccc(Br)cc1.O=C(Nc1cc(Cl)cc(Cl)c1)Nc1cc(-c2cccnc2)nn1-c1ccc(Br)cc1.O=C(Nc1cc(Cl)cc(Cl)c1)Nc1cc(-c2ccncc2)nn1-c1ccc(Br)cc1. The average Bonchev–Trinajstić information content (AvgIpc) is 1.53. The minimum absolute atomic E-state index is 0.0211. The van der Waals surface area contributed by atoms with Gasteiger partial charge in [-0.05, 0) is 218 Å². The molecule has 0 saturated carbocycles. The molecule has 8 N–H and O–H groups in total. The number of nitrogens with zero attached hydrogens (tertiary/aromatic N) is 12. The highest BCUT2D eigenvalue weighted by Gasteiger charge is 2.38. The average molecular weight is 2110 g/mol. The number of carbonyl (C=O) groups excluding carboxylic acids is 4. The molecule has 0 atom stereocenters. The highest BCUT2D eigenvalue weighted by molar-refractivity contribution is 9.11. The van der Waals surface area contributed by atoms with Crippen molar-refractivity contribution >= 4 is 192 Å². The van der Waals surface area contributed by atoms with Gasteiger partial charge in [0.15, 0.2) is 0 Å². The molecule has 654 valence electrons. The molecule has 0 saturated heterocycles. The van der Waals surface area contributed by atoms with Crippen molar-refractivity contribution in [2.45, 2.75) is 18.5 Å². The first-order valence-corrected chi connectivity index (χ1v) is 42.1. The number of amides is 8. The lowest BCUT2D eigenvalue weighted by Gasteiger charge is -2.15. The Hall–Kier alpha value is -13.0. The third kappa shape index (κ3) is 26.2. The molecule has 0 unspecified atom stereocenters. The molecule has 42 heteroatoms. The van der Waals surface area contributed by atoms with Gasteiger partial charge in [0.1, 0.15) is 23.3 Å². The Bertz CT molecular complexity index is 6420. The van der Waals surface area contributed by atoms with Gasteiger partial charge < -0.3 is 21.3 Å². The van der Waals surface area contributed by atoms with Gasteiger partial charge in [0.25, 0.3) is 0 Å². The smallest absolute Gasteiger partial charge is 0.308 e. The van der Waals surface area contributed by atoms with E-state index in [-0.39, 0.29) is 22.6 Å². The van der Waals surface area contributed by atoms with Crippen LogP contribution >= 0.6 is 122 Å². The van der Waals surface area contributed by atoms with Gasteiger partial charge in [-0.25, -0.2) is 37.9 Å². The van der Waals surface area contributed by atoms with Gasteiger partial charge in [-0.3, -0.25) is 41.2 Å². The van der Waals surface area contributed by atoms with E-state index in [1.54, 1.807) is 168 Å². The molecule has 8 amide bonds. The van der Waals surface area contributed by atoms with E-state index >= 15 is 0 Å². The van der Waals surface area contributed by atoms with Crippen LogP contribution in [0, 0.1) is 0 Å². The minimum Gasteiger partial charge on any atom is -0.308 e. The molecule has 0 aliphatic heterocycles. The first-order chi connectivity index (χ1) is 61.5. The number of carbonyl (C=O) groups is 4. The number of hydrogen-bond donors (Lipinski definition) is 8. The maximum Gasteiger partial charge on any atom is 0.416 e. The highest BCUT2D eigenvalue weighted by Crippen LogP contribution is 2.40. The summed E-state index contributed by atoms with van der Waals surface area (Å²) in [5.74, 6) is 1.40. The largest absolute Gasteiger partial charge is 0.416 e. The fourth-order valence-corrected chi connectivity index (χ4v) is 14.2. The Morgan fingerprint density at radius 3 is 0.760 bits per heavy atom. The molecule has 0 bridgehead atoms. The quantitative estimate of drug-likeness (QED) is 0.0419. The van der Waals surface area contributed by atoms with Crippen molar-refractivity contribution in [1.29, 1.82) is 0 Å². The van der Waals surface area contributed by atoms with Crippen LogP contribution in [0.15, 0.2) is 310 Å². The number of halogens is 18. The Morgan fingerprint density at radius 1 is 0.264 bits per heavy atom. The third-order valence-corrected chi connectivity index (χ3v) is 20.7. The zero-order valence-electron chi connectivity index (χ0n) is 65.0. The van der Waals surface area contributed by atoms with E-state index in [0.29, 0.717) is 101 Å². The molecule has 8 heterocycles. The van der Waals surface area contributed by atoms with Crippen molar-refractivity contribution < 1.29 is 58.7 Å². The summed E-state index contributed by atoms with van der Waals surface area (Å²) in [5.41, 5.74) is 4.33. The second kappa shape index (κ2) is 41.9. The van der Waals surface area contributed by atoms with Crippen molar-refractivity contribution in [3.05, 3.63) is 352 Å². The number of alkyl halides is 9. The first-order valence-electron chi connectivity index (χ1n) is 37.0. The molecular weight excluding hydrogens is 2060 g/mol. The van der Waals surface area contributed by atoms with Crippen LogP contribution in [0.25, 0.3) is 67.8 Å². The zero-order chi connectivity index (χ0) is 91.8. The molecule has 16 aromatic rings. The van der Waals surface area contributed by atoms with Gasteiger partial charge in [-0.1, -0.05) is 122 Å². The van der Waals surface area contributed by atoms with Gasteiger partial charge in [0.2, 0.25) is 0 Å². The predicted octanol–water partition coefficient (Wildman–Crippen LogP) is 27.7. The Morgan fingerprint density at radius 2 is 0.504 bits per heavy atom. The molecule has 0 spiro atoms. The van der Waals surface area contributed by atoms with Gasteiger partial charge in [0, 0.05) is 162 Å². The van der Waals surface area contributed by atoms with Gasteiger partial charge in [-0.15, -0.1) is 0 Å². The summed E-state index contributed by atoms with van der Waals surface area (Å²) in [6, 6.07) is 60.9. The van der Waals surface area contributed by atoms with Crippen molar-refractivity contribution in [3.63, 3.8) is 0 Å². The van der Waals surface area contributed by atoms with E-state index in [1.807, 2.05) is 96.3 Å². The maximum absolute atomic E-state index is 13.1. The fourth-order valence-electron chi connectivity index (χ4n) is 11.9. The monoisotopic (exact) mass is 2110 g/mol. The van der Waals surface area contributed by atoms with Crippen molar-refractivity contribution in [1.82, 2.24) is 59.1 Å². The van der Waals surface area contributed by atoms with Gasteiger partial charge in [-0.2, -0.15) is 59.9 Å². The van der Waals surface area contributed by atoms with Crippen LogP contribution in [-0.2, 0) is 18.5 Å². The van der Waals surface area contributed by atoms with Crippen LogP contribution in [0.2, 0.25) is 25.1 Å². The number of hydrogen-bond acceptors (Lipinski definition) is 12. The number of aromatic nitrogens is 12. The molecular formula is C87H56Br4Cl5F9N20O4. The number of anilines is 8. The van der Waals surface area contributed by atoms with E-state index in [9.17, 15) is 58.7 Å². The van der Waals surface area contributed by atoms with Gasteiger partial charge in [0.05, 0.1) is 62.2 Å². The Balaban J connectivity index is 0.000000147.